The second-order valence-electron chi connectivity index (χ2n) is 6.13. The highest BCUT2D eigenvalue weighted by molar-refractivity contribution is 5.50. The van der Waals surface area contributed by atoms with Crippen LogP contribution in [0.1, 0.15) is 38.2 Å². The van der Waals surface area contributed by atoms with Crippen LogP contribution in [-0.4, -0.2) is 33.0 Å². The van der Waals surface area contributed by atoms with E-state index in [9.17, 15) is 0 Å². The Morgan fingerprint density at radius 1 is 1.29 bits per heavy atom. The number of rotatable bonds is 4. The molecule has 0 aliphatic carbocycles. The van der Waals surface area contributed by atoms with Crippen LogP contribution < -0.4 is 14.8 Å². The monoisotopic (exact) mass is 291 g/mol. The first kappa shape index (κ1) is 14.7. The molecule has 0 radical (unpaired) electrons. The minimum absolute atomic E-state index is 0.0135. The van der Waals surface area contributed by atoms with Gasteiger partial charge in [-0.15, -0.1) is 0 Å². The molecule has 4 nitrogen and oxygen atoms in total. The highest BCUT2D eigenvalue weighted by atomic mass is 16.5. The summed E-state index contributed by atoms with van der Waals surface area (Å²) in [5.41, 5.74) is 1.19. The Kier molecular flexibility index (Phi) is 4.36. The van der Waals surface area contributed by atoms with Crippen LogP contribution in [0.2, 0.25) is 0 Å². The van der Waals surface area contributed by atoms with E-state index in [1.807, 2.05) is 6.07 Å². The largest absolute Gasteiger partial charge is 0.493 e. The van der Waals surface area contributed by atoms with Crippen molar-refractivity contribution in [2.45, 2.75) is 44.2 Å². The standard InChI is InChI=1S/C17H25NO3/c1-17(9-4-10-18-17)14-5-3-6-15(16(14)19-2)21-13-7-11-20-12-8-13/h3,5-6,13,18H,4,7-12H2,1-2H3. The summed E-state index contributed by atoms with van der Waals surface area (Å²) < 4.78 is 17.3. The van der Waals surface area contributed by atoms with E-state index in [2.05, 4.69) is 24.4 Å². The van der Waals surface area contributed by atoms with E-state index in [0.717, 1.165) is 50.5 Å². The van der Waals surface area contributed by atoms with Gasteiger partial charge in [0.25, 0.3) is 0 Å². The second kappa shape index (κ2) is 6.24. The third-order valence-electron chi connectivity index (χ3n) is 4.61. The maximum atomic E-state index is 6.19. The molecule has 0 saturated carbocycles. The maximum Gasteiger partial charge on any atom is 0.165 e. The van der Waals surface area contributed by atoms with Crippen LogP contribution in [-0.2, 0) is 10.3 Å². The Balaban J connectivity index is 1.86. The van der Waals surface area contributed by atoms with Crippen molar-refractivity contribution in [2.75, 3.05) is 26.9 Å². The number of methoxy groups -OCH3 is 1. The van der Waals surface area contributed by atoms with Gasteiger partial charge < -0.3 is 19.5 Å². The molecule has 0 amide bonds. The molecule has 4 heteroatoms. The molecule has 0 bridgehead atoms. The fourth-order valence-corrected chi connectivity index (χ4v) is 3.35. The summed E-state index contributed by atoms with van der Waals surface area (Å²) >= 11 is 0. The zero-order valence-corrected chi connectivity index (χ0v) is 13.0. The molecule has 1 aromatic carbocycles. The average molecular weight is 291 g/mol. The molecule has 2 aliphatic rings. The van der Waals surface area contributed by atoms with Gasteiger partial charge in [-0.2, -0.15) is 0 Å². The Morgan fingerprint density at radius 3 is 2.76 bits per heavy atom. The lowest BCUT2D eigenvalue weighted by Gasteiger charge is -2.29. The number of nitrogens with one attached hydrogen (secondary N) is 1. The van der Waals surface area contributed by atoms with Crippen LogP contribution in [0.4, 0.5) is 0 Å². The minimum atomic E-state index is -0.0135. The first-order valence-electron chi connectivity index (χ1n) is 7.90. The van der Waals surface area contributed by atoms with Gasteiger partial charge in [-0.25, -0.2) is 0 Å². The van der Waals surface area contributed by atoms with Crippen LogP contribution in [0.15, 0.2) is 18.2 Å². The number of ether oxygens (including phenoxy) is 3. The van der Waals surface area contributed by atoms with Gasteiger partial charge in [-0.05, 0) is 32.4 Å². The first-order chi connectivity index (χ1) is 10.2. The lowest BCUT2D eigenvalue weighted by atomic mass is 9.89. The van der Waals surface area contributed by atoms with Crippen molar-refractivity contribution in [3.05, 3.63) is 23.8 Å². The van der Waals surface area contributed by atoms with Crippen molar-refractivity contribution >= 4 is 0 Å². The van der Waals surface area contributed by atoms with E-state index in [-0.39, 0.29) is 11.6 Å². The molecule has 1 atom stereocenters. The van der Waals surface area contributed by atoms with Gasteiger partial charge in [-0.1, -0.05) is 12.1 Å². The van der Waals surface area contributed by atoms with Crippen molar-refractivity contribution in [1.82, 2.24) is 5.32 Å². The summed E-state index contributed by atoms with van der Waals surface area (Å²) in [4.78, 5) is 0. The Bertz CT molecular complexity index is 477. The van der Waals surface area contributed by atoms with Gasteiger partial charge in [0, 0.05) is 23.9 Å². The predicted molar refractivity (Wildman–Crippen MR) is 82.1 cm³/mol. The van der Waals surface area contributed by atoms with Crippen molar-refractivity contribution in [3.8, 4) is 11.5 Å². The highest BCUT2D eigenvalue weighted by Gasteiger charge is 2.34. The van der Waals surface area contributed by atoms with Gasteiger partial charge >= 0.3 is 0 Å². The molecule has 3 rings (SSSR count). The first-order valence-corrected chi connectivity index (χ1v) is 7.90. The number of hydrogen-bond donors (Lipinski definition) is 1. The summed E-state index contributed by atoms with van der Waals surface area (Å²) in [6, 6.07) is 6.22. The topological polar surface area (TPSA) is 39.7 Å². The molecule has 21 heavy (non-hydrogen) atoms. The Hall–Kier alpha value is -1.26. The fraction of sp³-hybridized carbons (Fsp3) is 0.647. The molecular formula is C17H25NO3. The lowest BCUT2D eigenvalue weighted by molar-refractivity contribution is 0.0244. The summed E-state index contributed by atoms with van der Waals surface area (Å²) in [5.74, 6) is 1.73. The van der Waals surface area contributed by atoms with Gasteiger partial charge in [0.15, 0.2) is 11.5 Å². The predicted octanol–water partition coefficient (Wildman–Crippen LogP) is 2.85. The van der Waals surface area contributed by atoms with Crippen LogP contribution in [0, 0.1) is 0 Å². The molecule has 2 saturated heterocycles. The molecule has 0 spiro atoms. The second-order valence-corrected chi connectivity index (χ2v) is 6.13. The summed E-state index contributed by atoms with van der Waals surface area (Å²) in [7, 11) is 1.73. The quantitative estimate of drug-likeness (QED) is 0.926. The van der Waals surface area contributed by atoms with Gasteiger partial charge in [0.05, 0.1) is 20.3 Å². The fourth-order valence-electron chi connectivity index (χ4n) is 3.35. The minimum Gasteiger partial charge on any atom is -0.493 e. The van der Waals surface area contributed by atoms with E-state index >= 15 is 0 Å². The maximum absolute atomic E-state index is 6.19. The SMILES string of the molecule is COc1c(OC2CCOCC2)cccc1C1(C)CCCN1. The molecule has 1 unspecified atom stereocenters. The Morgan fingerprint density at radius 2 is 2.10 bits per heavy atom. The molecule has 2 fully saturated rings. The van der Waals surface area contributed by atoms with Gasteiger partial charge in [0.2, 0.25) is 0 Å². The van der Waals surface area contributed by atoms with E-state index in [1.54, 1.807) is 7.11 Å². The van der Waals surface area contributed by atoms with Crippen LogP contribution >= 0.6 is 0 Å². The van der Waals surface area contributed by atoms with Crippen LogP contribution in [0.3, 0.4) is 0 Å². The zero-order valence-electron chi connectivity index (χ0n) is 13.0. The smallest absolute Gasteiger partial charge is 0.165 e. The molecule has 1 aromatic rings. The average Bonchev–Trinajstić information content (AvgIpc) is 2.96. The van der Waals surface area contributed by atoms with Gasteiger partial charge in [0.1, 0.15) is 6.10 Å². The van der Waals surface area contributed by atoms with Crippen molar-refractivity contribution in [3.63, 3.8) is 0 Å². The van der Waals surface area contributed by atoms with Crippen LogP contribution in [0.5, 0.6) is 11.5 Å². The van der Waals surface area contributed by atoms with E-state index in [4.69, 9.17) is 14.2 Å². The third-order valence-corrected chi connectivity index (χ3v) is 4.61. The van der Waals surface area contributed by atoms with E-state index in [0.29, 0.717) is 0 Å². The normalized spacial score (nSPS) is 26.8. The molecule has 116 valence electrons. The van der Waals surface area contributed by atoms with Crippen molar-refractivity contribution in [2.24, 2.45) is 0 Å². The molecule has 0 aromatic heterocycles. The zero-order chi connectivity index (χ0) is 14.7. The lowest BCUT2D eigenvalue weighted by Crippen LogP contribution is -2.33. The molecule has 2 aliphatic heterocycles. The van der Waals surface area contributed by atoms with Crippen LogP contribution in [0.25, 0.3) is 0 Å². The van der Waals surface area contributed by atoms with Crippen molar-refractivity contribution in [1.29, 1.82) is 0 Å². The van der Waals surface area contributed by atoms with Crippen molar-refractivity contribution < 1.29 is 14.2 Å². The number of para-hydroxylation sites is 1. The molecular weight excluding hydrogens is 266 g/mol. The summed E-state index contributed by atoms with van der Waals surface area (Å²) in [5, 5.41) is 3.60. The number of hydrogen-bond acceptors (Lipinski definition) is 4. The van der Waals surface area contributed by atoms with E-state index in [1.165, 1.54) is 12.0 Å². The third kappa shape index (κ3) is 3.01. The highest BCUT2D eigenvalue weighted by Crippen LogP contribution is 2.41. The van der Waals surface area contributed by atoms with E-state index < -0.39 is 0 Å². The van der Waals surface area contributed by atoms with Gasteiger partial charge in [-0.3, -0.25) is 0 Å². The number of benzene rings is 1. The Labute approximate surface area is 126 Å². The molecule has 1 N–H and O–H groups in total. The summed E-state index contributed by atoms with van der Waals surface area (Å²) in [6.45, 7) is 4.87. The summed E-state index contributed by atoms with van der Waals surface area (Å²) in [6.07, 6.45) is 4.45. The molecule has 2 heterocycles.